The van der Waals surface area contributed by atoms with Crippen molar-refractivity contribution in [1.82, 2.24) is 24.4 Å². The molecule has 0 fully saturated rings. The molecule has 0 unspecified atom stereocenters. The van der Waals surface area contributed by atoms with Gasteiger partial charge in [-0.05, 0) is 30.2 Å². The Balaban J connectivity index is 1.43. The molecule has 1 N–H and O–H groups in total. The summed E-state index contributed by atoms with van der Waals surface area (Å²) in [5, 5.41) is 7.29. The van der Waals surface area contributed by atoms with Crippen molar-refractivity contribution in [2.24, 2.45) is 0 Å². The van der Waals surface area contributed by atoms with Crippen LogP contribution < -0.4 is 15.6 Å². The van der Waals surface area contributed by atoms with Crippen molar-refractivity contribution in [1.29, 1.82) is 0 Å². The number of amides is 1. The fraction of sp³-hybridized carbons (Fsp3) is 0.296. The molecule has 1 aliphatic rings. The summed E-state index contributed by atoms with van der Waals surface area (Å²) < 4.78 is 8.72. The molecule has 1 amide bonds. The van der Waals surface area contributed by atoms with Gasteiger partial charge in [0.15, 0.2) is 5.65 Å². The van der Waals surface area contributed by atoms with Crippen LogP contribution in [0.15, 0.2) is 65.6 Å². The molecule has 0 atom stereocenters. The minimum absolute atomic E-state index is 0.149. The summed E-state index contributed by atoms with van der Waals surface area (Å²) in [6.07, 6.45) is 2.24. The molecule has 8 heteroatoms. The number of nitrogens with one attached hydrogen (secondary N) is 1. The summed E-state index contributed by atoms with van der Waals surface area (Å²) in [7, 11) is 1.61. The lowest BCUT2D eigenvalue weighted by Gasteiger charge is -2.30. The maximum Gasteiger partial charge on any atom is 0.279 e. The second-order valence-electron chi connectivity index (χ2n) is 8.75. The predicted octanol–water partition coefficient (Wildman–Crippen LogP) is 3.01. The Morgan fingerprint density at radius 3 is 2.69 bits per heavy atom. The van der Waals surface area contributed by atoms with E-state index in [1.807, 2.05) is 49.4 Å². The maximum absolute atomic E-state index is 13.4. The zero-order chi connectivity index (χ0) is 24.4. The first kappa shape index (κ1) is 22.9. The zero-order valence-corrected chi connectivity index (χ0v) is 20.0. The number of hydrogen-bond donors (Lipinski definition) is 1. The molecule has 8 nitrogen and oxygen atoms in total. The minimum atomic E-state index is -0.258. The van der Waals surface area contributed by atoms with E-state index in [4.69, 9.17) is 4.74 Å². The molecule has 0 aliphatic carbocycles. The number of methoxy groups -OCH3 is 1. The number of aromatic nitrogens is 3. The van der Waals surface area contributed by atoms with Gasteiger partial charge in [0, 0.05) is 44.8 Å². The van der Waals surface area contributed by atoms with Crippen LogP contribution in [0.4, 0.5) is 0 Å². The van der Waals surface area contributed by atoms with Crippen LogP contribution in [0.2, 0.25) is 0 Å². The predicted molar refractivity (Wildman–Crippen MR) is 134 cm³/mol. The lowest BCUT2D eigenvalue weighted by molar-refractivity contribution is 0.0952. The summed E-state index contributed by atoms with van der Waals surface area (Å²) in [4.78, 5) is 28.9. The molecule has 1 aliphatic heterocycles. The standard InChI is InChI=1S/C27H29N5O3/c1-3-31-24-12-13-30(17-19-8-5-4-6-9-19)18-23(24)27(34)32-26(31)22(16-29-32)25(33)28-15-20-10-7-11-21(14-20)35-2/h4-11,14,16H,3,12-13,15,17-18H2,1-2H3,(H,28,33). The highest BCUT2D eigenvalue weighted by Gasteiger charge is 2.27. The van der Waals surface area contributed by atoms with Gasteiger partial charge in [0.1, 0.15) is 11.3 Å². The molecule has 4 aromatic rings. The largest absolute Gasteiger partial charge is 0.497 e. The van der Waals surface area contributed by atoms with Crippen molar-refractivity contribution in [2.45, 2.75) is 39.5 Å². The fourth-order valence-corrected chi connectivity index (χ4v) is 4.84. The molecule has 0 radical (unpaired) electrons. The Bertz CT molecular complexity index is 1420. The van der Waals surface area contributed by atoms with Crippen LogP contribution >= 0.6 is 0 Å². The second-order valence-corrected chi connectivity index (χ2v) is 8.75. The van der Waals surface area contributed by atoms with Gasteiger partial charge in [-0.2, -0.15) is 9.61 Å². The van der Waals surface area contributed by atoms with Gasteiger partial charge in [0.25, 0.3) is 11.5 Å². The van der Waals surface area contributed by atoms with Crippen LogP contribution in [0.1, 0.15) is 39.7 Å². The van der Waals surface area contributed by atoms with Gasteiger partial charge in [-0.15, -0.1) is 0 Å². The van der Waals surface area contributed by atoms with E-state index in [1.165, 1.54) is 16.3 Å². The lowest BCUT2D eigenvalue weighted by Crippen LogP contribution is -2.38. The quantitative estimate of drug-likeness (QED) is 0.448. The van der Waals surface area contributed by atoms with Gasteiger partial charge in [0.2, 0.25) is 0 Å². The summed E-state index contributed by atoms with van der Waals surface area (Å²) >= 11 is 0. The summed E-state index contributed by atoms with van der Waals surface area (Å²) in [5.41, 5.74) is 4.71. The molecule has 2 aromatic carbocycles. The third-order valence-corrected chi connectivity index (χ3v) is 6.57. The highest BCUT2D eigenvalue weighted by molar-refractivity contribution is 5.99. The van der Waals surface area contributed by atoms with Crippen molar-refractivity contribution < 1.29 is 9.53 Å². The summed E-state index contributed by atoms with van der Waals surface area (Å²) in [5.74, 6) is 0.478. The van der Waals surface area contributed by atoms with E-state index in [9.17, 15) is 9.59 Å². The number of aryl methyl sites for hydroxylation is 1. The molecule has 0 bridgehead atoms. The Hall–Kier alpha value is -3.91. The highest BCUT2D eigenvalue weighted by atomic mass is 16.5. The van der Waals surface area contributed by atoms with Gasteiger partial charge in [0.05, 0.1) is 18.9 Å². The van der Waals surface area contributed by atoms with Crippen LogP contribution in [-0.4, -0.2) is 38.6 Å². The van der Waals surface area contributed by atoms with Gasteiger partial charge in [-0.25, -0.2) is 0 Å². The molecule has 180 valence electrons. The molecule has 2 aromatic heterocycles. The Morgan fingerprint density at radius 2 is 1.91 bits per heavy atom. The van der Waals surface area contributed by atoms with Crippen molar-refractivity contribution in [2.75, 3.05) is 13.7 Å². The SMILES string of the molecule is CCn1c2c(c(=O)n3ncc(C(=O)NCc4cccc(OC)c4)c13)CN(Cc1ccccc1)CC2. The van der Waals surface area contributed by atoms with Crippen LogP contribution in [0.25, 0.3) is 5.65 Å². The van der Waals surface area contributed by atoms with Crippen LogP contribution in [0.3, 0.4) is 0 Å². The summed E-state index contributed by atoms with van der Waals surface area (Å²) in [6, 6.07) is 17.8. The average molecular weight is 472 g/mol. The topological polar surface area (TPSA) is 80.9 Å². The fourth-order valence-electron chi connectivity index (χ4n) is 4.84. The average Bonchev–Trinajstić information content (AvgIpc) is 3.34. The third-order valence-electron chi connectivity index (χ3n) is 6.57. The zero-order valence-electron chi connectivity index (χ0n) is 20.0. The number of fused-ring (bicyclic) bond motifs is 2. The van der Waals surface area contributed by atoms with Crippen molar-refractivity contribution in [3.63, 3.8) is 0 Å². The van der Waals surface area contributed by atoms with E-state index in [-0.39, 0.29) is 11.5 Å². The number of rotatable bonds is 7. The first-order chi connectivity index (χ1) is 17.1. The molecular formula is C27H29N5O3. The van der Waals surface area contributed by atoms with Crippen molar-refractivity contribution >= 4 is 11.6 Å². The maximum atomic E-state index is 13.4. The van der Waals surface area contributed by atoms with Crippen LogP contribution in [0, 0.1) is 0 Å². The molecule has 0 saturated heterocycles. The van der Waals surface area contributed by atoms with Gasteiger partial charge >= 0.3 is 0 Å². The van der Waals surface area contributed by atoms with Crippen molar-refractivity contribution in [3.8, 4) is 5.75 Å². The molecule has 35 heavy (non-hydrogen) atoms. The van der Waals surface area contributed by atoms with E-state index < -0.39 is 0 Å². The highest BCUT2D eigenvalue weighted by Crippen LogP contribution is 2.22. The van der Waals surface area contributed by atoms with E-state index in [0.717, 1.165) is 42.1 Å². The van der Waals surface area contributed by atoms with Gasteiger partial charge in [-0.3, -0.25) is 14.5 Å². The van der Waals surface area contributed by atoms with Crippen LogP contribution in [-0.2, 0) is 32.6 Å². The van der Waals surface area contributed by atoms with E-state index in [2.05, 4.69) is 32.0 Å². The third kappa shape index (κ3) is 4.44. The molecule has 0 spiro atoms. The Kier molecular flexibility index (Phi) is 6.37. The Labute approximate surface area is 203 Å². The first-order valence-corrected chi connectivity index (χ1v) is 11.9. The number of benzene rings is 2. The monoisotopic (exact) mass is 471 g/mol. The normalized spacial score (nSPS) is 13.5. The van der Waals surface area contributed by atoms with E-state index >= 15 is 0 Å². The Morgan fingerprint density at radius 1 is 1.11 bits per heavy atom. The molecule has 5 rings (SSSR count). The molecule has 0 saturated carbocycles. The molecular weight excluding hydrogens is 442 g/mol. The number of ether oxygens (including phenoxy) is 1. The number of carbonyl (C=O) groups is 1. The van der Waals surface area contributed by atoms with Crippen molar-refractivity contribution in [3.05, 3.63) is 99.1 Å². The smallest absolute Gasteiger partial charge is 0.279 e. The number of hydrogen-bond acceptors (Lipinski definition) is 5. The van der Waals surface area contributed by atoms with Gasteiger partial charge in [-0.1, -0.05) is 42.5 Å². The first-order valence-electron chi connectivity index (χ1n) is 11.9. The van der Waals surface area contributed by atoms with Crippen LogP contribution in [0.5, 0.6) is 5.75 Å². The van der Waals surface area contributed by atoms with Gasteiger partial charge < -0.3 is 14.6 Å². The second kappa shape index (κ2) is 9.76. The lowest BCUT2D eigenvalue weighted by atomic mass is 10.0. The van der Waals surface area contributed by atoms with E-state index in [0.29, 0.717) is 30.8 Å². The molecule has 3 heterocycles. The summed E-state index contributed by atoms with van der Waals surface area (Å²) in [6.45, 7) is 5.24. The number of carbonyl (C=O) groups excluding carboxylic acids is 1. The minimum Gasteiger partial charge on any atom is -0.497 e. The van der Waals surface area contributed by atoms with E-state index in [1.54, 1.807) is 7.11 Å². The number of nitrogens with zero attached hydrogens (tertiary/aromatic N) is 4.